The van der Waals surface area contributed by atoms with Crippen LogP contribution >= 0.6 is 11.3 Å². The van der Waals surface area contributed by atoms with E-state index in [1.54, 1.807) is 11.3 Å². The van der Waals surface area contributed by atoms with Gasteiger partial charge < -0.3 is 10.2 Å². The summed E-state index contributed by atoms with van der Waals surface area (Å²) in [6.45, 7) is 4.09. The number of hydrogen-bond acceptors (Lipinski definition) is 4. The molecule has 1 fully saturated rings. The largest absolute Gasteiger partial charge is 0.374 e. The van der Waals surface area contributed by atoms with Gasteiger partial charge in [-0.25, -0.2) is 0 Å². The molecule has 2 aliphatic rings. The van der Waals surface area contributed by atoms with E-state index in [0.29, 0.717) is 13.0 Å². The Kier molecular flexibility index (Phi) is 5.79. The summed E-state index contributed by atoms with van der Waals surface area (Å²) in [6, 6.07) is 11.2. The molecule has 1 aromatic heterocycles. The van der Waals surface area contributed by atoms with Crippen LogP contribution in [0.25, 0.3) is 0 Å². The van der Waals surface area contributed by atoms with Gasteiger partial charge in [-0.2, -0.15) is 0 Å². The molecule has 2 aliphatic heterocycles. The highest BCUT2D eigenvalue weighted by molar-refractivity contribution is 7.10. The number of carbonyl (C=O) groups is 1. The molecule has 144 valence electrons. The van der Waals surface area contributed by atoms with Crippen LogP contribution in [0.1, 0.15) is 41.3 Å². The number of rotatable bonds is 6. The van der Waals surface area contributed by atoms with Gasteiger partial charge in [0.05, 0.1) is 12.5 Å². The second-order valence-electron chi connectivity index (χ2n) is 7.73. The highest BCUT2D eigenvalue weighted by Crippen LogP contribution is 2.31. The van der Waals surface area contributed by atoms with Gasteiger partial charge in [0, 0.05) is 30.7 Å². The fraction of sp³-hybridized carbons (Fsp3) is 0.500. The summed E-state index contributed by atoms with van der Waals surface area (Å²) >= 11 is 1.65. The Hall–Kier alpha value is -1.85. The first kappa shape index (κ1) is 18.5. The van der Waals surface area contributed by atoms with Gasteiger partial charge in [0.2, 0.25) is 5.91 Å². The van der Waals surface area contributed by atoms with Crippen molar-refractivity contribution in [2.45, 2.75) is 38.1 Å². The number of carbonyl (C=O) groups excluding carboxylic acids is 1. The normalized spacial score (nSPS) is 18.3. The van der Waals surface area contributed by atoms with E-state index in [-0.39, 0.29) is 11.9 Å². The number of benzene rings is 1. The minimum Gasteiger partial charge on any atom is -0.374 e. The van der Waals surface area contributed by atoms with Crippen molar-refractivity contribution in [1.82, 2.24) is 10.2 Å². The molecular formula is C22H29N3OS. The number of nitrogens with zero attached hydrogens (tertiary/aromatic N) is 2. The molecule has 0 bridgehead atoms. The van der Waals surface area contributed by atoms with Crippen molar-refractivity contribution in [3.05, 3.63) is 51.7 Å². The van der Waals surface area contributed by atoms with E-state index in [0.717, 1.165) is 30.9 Å². The Morgan fingerprint density at radius 2 is 2.04 bits per heavy atom. The molecule has 1 amide bonds. The summed E-state index contributed by atoms with van der Waals surface area (Å²) in [7, 11) is 2.18. The number of thiophene rings is 1. The molecule has 1 saturated heterocycles. The summed E-state index contributed by atoms with van der Waals surface area (Å²) in [5, 5.41) is 5.23. The van der Waals surface area contributed by atoms with Crippen molar-refractivity contribution in [2.75, 3.05) is 38.1 Å². The van der Waals surface area contributed by atoms with Crippen LogP contribution in [0.15, 0.2) is 35.7 Å². The Morgan fingerprint density at radius 3 is 2.81 bits per heavy atom. The van der Waals surface area contributed by atoms with Crippen LogP contribution in [0.4, 0.5) is 5.69 Å². The van der Waals surface area contributed by atoms with E-state index in [4.69, 9.17) is 0 Å². The van der Waals surface area contributed by atoms with Gasteiger partial charge >= 0.3 is 0 Å². The quantitative estimate of drug-likeness (QED) is 0.827. The molecule has 2 aromatic rings. The number of amides is 1. The summed E-state index contributed by atoms with van der Waals surface area (Å²) in [6.07, 6.45) is 5.38. The number of hydrogen-bond donors (Lipinski definition) is 1. The number of aryl methyl sites for hydroxylation is 1. The summed E-state index contributed by atoms with van der Waals surface area (Å²) in [4.78, 5) is 18.4. The van der Waals surface area contributed by atoms with Gasteiger partial charge in [0.1, 0.15) is 0 Å². The van der Waals surface area contributed by atoms with Crippen molar-refractivity contribution in [3.63, 3.8) is 0 Å². The maximum Gasteiger partial charge on any atom is 0.225 e. The molecule has 5 heteroatoms. The smallest absolute Gasteiger partial charge is 0.225 e. The van der Waals surface area contributed by atoms with Crippen molar-refractivity contribution >= 4 is 22.9 Å². The zero-order valence-corrected chi connectivity index (χ0v) is 16.9. The Labute approximate surface area is 166 Å². The van der Waals surface area contributed by atoms with E-state index in [2.05, 4.69) is 40.4 Å². The highest BCUT2D eigenvalue weighted by Gasteiger charge is 2.25. The van der Waals surface area contributed by atoms with E-state index < -0.39 is 0 Å². The van der Waals surface area contributed by atoms with Crippen LogP contribution in [0.3, 0.4) is 0 Å². The van der Waals surface area contributed by atoms with E-state index in [1.165, 1.54) is 36.1 Å². The molecule has 0 aliphatic carbocycles. The van der Waals surface area contributed by atoms with Crippen LogP contribution < -0.4 is 10.2 Å². The first-order valence-corrected chi connectivity index (χ1v) is 11.0. The topological polar surface area (TPSA) is 35.6 Å². The average molecular weight is 384 g/mol. The van der Waals surface area contributed by atoms with Crippen LogP contribution in [0.5, 0.6) is 0 Å². The number of anilines is 1. The van der Waals surface area contributed by atoms with Crippen LogP contribution in [0.2, 0.25) is 0 Å². The first-order chi connectivity index (χ1) is 13.2. The monoisotopic (exact) mass is 383 g/mol. The summed E-state index contributed by atoms with van der Waals surface area (Å²) in [5.74, 6) is 0.124. The predicted octanol–water partition coefficient (Wildman–Crippen LogP) is 3.63. The first-order valence-electron chi connectivity index (χ1n) is 10.1. The van der Waals surface area contributed by atoms with Crippen molar-refractivity contribution in [2.24, 2.45) is 0 Å². The van der Waals surface area contributed by atoms with Crippen molar-refractivity contribution in [3.8, 4) is 0 Å². The average Bonchev–Trinajstić information content (AvgIpc) is 3.36. The minimum atomic E-state index is 0.124. The molecule has 4 rings (SSSR count). The van der Waals surface area contributed by atoms with Gasteiger partial charge in [0.25, 0.3) is 0 Å². The Morgan fingerprint density at radius 1 is 1.19 bits per heavy atom. The van der Waals surface area contributed by atoms with Gasteiger partial charge in [-0.3, -0.25) is 9.69 Å². The second-order valence-corrected chi connectivity index (χ2v) is 8.76. The molecule has 1 atom stereocenters. The van der Waals surface area contributed by atoms with Crippen LogP contribution in [-0.4, -0.2) is 44.0 Å². The molecule has 1 aromatic carbocycles. The maximum absolute atomic E-state index is 12.4. The fourth-order valence-electron chi connectivity index (χ4n) is 4.37. The van der Waals surface area contributed by atoms with Crippen LogP contribution in [-0.2, 0) is 17.6 Å². The second kappa shape index (κ2) is 8.44. The molecule has 0 spiro atoms. The Balaban J connectivity index is 1.48. The van der Waals surface area contributed by atoms with E-state index in [9.17, 15) is 4.79 Å². The lowest BCUT2D eigenvalue weighted by atomic mass is 9.96. The lowest BCUT2D eigenvalue weighted by Crippen LogP contribution is -2.37. The molecule has 3 heterocycles. The number of likely N-dealkylation sites (tertiary alicyclic amines) is 1. The molecule has 4 nitrogen and oxygen atoms in total. The molecule has 0 unspecified atom stereocenters. The summed E-state index contributed by atoms with van der Waals surface area (Å²) < 4.78 is 0. The third kappa shape index (κ3) is 4.36. The maximum atomic E-state index is 12.4. The number of nitrogens with one attached hydrogen (secondary N) is 1. The van der Waals surface area contributed by atoms with Gasteiger partial charge in [-0.15, -0.1) is 11.3 Å². The van der Waals surface area contributed by atoms with Gasteiger partial charge in [-0.1, -0.05) is 18.2 Å². The van der Waals surface area contributed by atoms with Gasteiger partial charge in [-0.05, 0) is 67.4 Å². The lowest BCUT2D eigenvalue weighted by molar-refractivity contribution is -0.120. The Bertz CT molecular complexity index is 768. The predicted molar refractivity (Wildman–Crippen MR) is 113 cm³/mol. The molecule has 1 N–H and O–H groups in total. The minimum absolute atomic E-state index is 0.124. The lowest BCUT2D eigenvalue weighted by Gasteiger charge is -2.32. The standard InChI is InChI=1S/C22H29N3OS/c1-24-10-4-6-17-14-18(8-9-20(17)24)21(25-11-2-3-12-25)16-23-22(26)15-19-7-5-13-27-19/h5,7-9,13-14,21H,2-4,6,10-12,15-16H2,1H3,(H,23,26)/t21-/m1/s1. The zero-order valence-electron chi connectivity index (χ0n) is 16.1. The number of fused-ring (bicyclic) bond motifs is 1. The fourth-order valence-corrected chi connectivity index (χ4v) is 5.07. The molecule has 0 radical (unpaired) electrons. The van der Waals surface area contributed by atoms with Crippen LogP contribution in [0, 0.1) is 0 Å². The third-order valence-corrected chi connectivity index (χ3v) is 6.70. The highest BCUT2D eigenvalue weighted by atomic mass is 32.1. The van der Waals surface area contributed by atoms with E-state index in [1.807, 2.05) is 17.5 Å². The van der Waals surface area contributed by atoms with E-state index >= 15 is 0 Å². The zero-order chi connectivity index (χ0) is 18.6. The molecular weight excluding hydrogens is 354 g/mol. The molecule has 27 heavy (non-hydrogen) atoms. The SMILES string of the molecule is CN1CCCc2cc([C@@H](CNC(=O)Cc3cccs3)N3CCCC3)ccc21. The van der Waals surface area contributed by atoms with Gasteiger partial charge in [0.15, 0.2) is 0 Å². The summed E-state index contributed by atoms with van der Waals surface area (Å²) in [5.41, 5.74) is 4.17. The van der Waals surface area contributed by atoms with Crippen molar-refractivity contribution in [1.29, 1.82) is 0 Å². The third-order valence-electron chi connectivity index (χ3n) is 5.83. The van der Waals surface area contributed by atoms with Crippen molar-refractivity contribution < 1.29 is 4.79 Å². The molecule has 0 saturated carbocycles.